The highest BCUT2D eigenvalue weighted by Crippen LogP contribution is 2.27. The molecule has 2 aliphatic rings. The lowest BCUT2D eigenvalue weighted by atomic mass is 9.94. The minimum atomic E-state index is -0.706. The Kier molecular flexibility index (Phi) is 5.72. The highest BCUT2D eigenvalue weighted by molar-refractivity contribution is 5.94. The predicted molar refractivity (Wildman–Crippen MR) is 112 cm³/mol. The van der Waals surface area contributed by atoms with Crippen molar-refractivity contribution in [3.05, 3.63) is 69.1 Å². The Morgan fingerprint density at radius 3 is 2.67 bits per heavy atom. The molecular formula is C23H27N3O4. The van der Waals surface area contributed by atoms with Crippen molar-refractivity contribution in [2.24, 2.45) is 11.7 Å². The van der Waals surface area contributed by atoms with Crippen LogP contribution in [-0.2, 0) is 35.5 Å². The lowest BCUT2D eigenvalue weighted by Gasteiger charge is -2.32. The number of primary amides is 1. The number of hydrogen-bond donors (Lipinski definition) is 1. The number of rotatable bonds is 5. The molecule has 7 heteroatoms. The zero-order chi connectivity index (χ0) is 21.3. The van der Waals surface area contributed by atoms with Gasteiger partial charge >= 0.3 is 0 Å². The van der Waals surface area contributed by atoms with Crippen LogP contribution < -0.4 is 11.3 Å². The van der Waals surface area contributed by atoms with Gasteiger partial charge in [0.25, 0.3) is 11.5 Å². The molecule has 1 saturated heterocycles. The predicted octanol–water partition coefficient (Wildman–Crippen LogP) is 1.50. The molecule has 1 fully saturated rings. The van der Waals surface area contributed by atoms with E-state index in [-0.39, 0.29) is 29.1 Å². The van der Waals surface area contributed by atoms with Gasteiger partial charge in [-0.05, 0) is 42.9 Å². The summed E-state index contributed by atoms with van der Waals surface area (Å²) in [6, 6.07) is 9.86. The largest absolute Gasteiger partial charge is 0.378 e. The van der Waals surface area contributed by atoms with E-state index >= 15 is 0 Å². The Morgan fingerprint density at radius 2 is 2.00 bits per heavy atom. The van der Waals surface area contributed by atoms with Gasteiger partial charge in [-0.1, -0.05) is 30.3 Å². The van der Waals surface area contributed by atoms with Crippen molar-refractivity contribution in [2.75, 3.05) is 13.2 Å². The van der Waals surface area contributed by atoms with Crippen LogP contribution in [0, 0.1) is 5.92 Å². The average Bonchev–Trinajstić information content (AvgIpc) is 3.17. The van der Waals surface area contributed by atoms with E-state index in [0.717, 1.165) is 17.5 Å². The quantitative estimate of drug-likeness (QED) is 0.810. The second kappa shape index (κ2) is 8.44. The number of aromatic nitrogens is 1. The standard InChI is InChI=1S/C23H27N3O4/c1-15-18(9-12-30-15)22(28)25-11-8-19-17(13-25)14-26(23(29)20(19)21(24)27)10-7-16-5-3-2-4-6-16/h2-6,14-15,18H,7-13H2,1H3,(H2,24,27)/t15-,18-/m0/s1. The number of carbonyl (C=O) groups is 2. The molecule has 2 amide bonds. The number of nitrogens with two attached hydrogens (primary N) is 1. The van der Waals surface area contributed by atoms with Gasteiger partial charge in [0.05, 0.1) is 12.0 Å². The van der Waals surface area contributed by atoms with Gasteiger partial charge in [-0.25, -0.2) is 0 Å². The third-order valence-electron chi connectivity index (χ3n) is 6.20. The number of aryl methyl sites for hydroxylation is 2. The number of benzene rings is 1. The Morgan fingerprint density at radius 1 is 1.23 bits per heavy atom. The summed E-state index contributed by atoms with van der Waals surface area (Å²) in [6.45, 7) is 3.83. The molecule has 0 spiro atoms. The first-order valence-electron chi connectivity index (χ1n) is 10.4. The normalized spacial score (nSPS) is 20.8. The molecule has 0 radical (unpaired) electrons. The molecule has 2 N–H and O–H groups in total. The zero-order valence-corrected chi connectivity index (χ0v) is 17.2. The van der Waals surface area contributed by atoms with Gasteiger partial charge in [0.15, 0.2) is 0 Å². The molecule has 2 aliphatic heterocycles. The second-order valence-corrected chi connectivity index (χ2v) is 8.09. The van der Waals surface area contributed by atoms with Gasteiger partial charge in [0.1, 0.15) is 5.56 Å². The number of pyridine rings is 1. The number of nitrogens with zero attached hydrogens (tertiary/aromatic N) is 2. The van der Waals surface area contributed by atoms with Crippen LogP contribution in [0.4, 0.5) is 0 Å². The first-order valence-corrected chi connectivity index (χ1v) is 10.4. The first kappa shape index (κ1) is 20.3. The summed E-state index contributed by atoms with van der Waals surface area (Å²) in [5.41, 5.74) is 7.90. The second-order valence-electron chi connectivity index (χ2n) is 8.09. The van der Waals surface area contributed by atoms with Crippen molar-refractivity contribution in [2.45, 2.75) is 45.4 Å². The maximum absolute atomic E-state index is 13.0. The van der Waals surface area contributed by atoms with Crippen LogP contribution in [0.25, 0.3) is 0 Å². The Labute approximate surface area is 175 Å². The fourth-order valence-corrected chi connectivity index (χ4v) is 4.50. The van der Waals surface area contributed by atoms with Crippen LogP contribution in [-0.4, -0.2) is 40.5 Å². The molecule has 0 unspecified atom stereocenters. The monoisotopic (exact) mass is 409 g/mol. The Hall–Kier alpha value is -2.93. The number of carbonyl (C=O) groups excluding carboxylic acids is 2. The van der Waals surface area contributed by atoms with Crippen molar-refractivity contribution < 1.29 is 14.3 Å². The lowest BCUT2D eigenvalue weighted by Crippen LogP contribution is -2.44. The van der Waals surface area contributed by atoms with E-state index in [2.05, 4.69) is 0 Å². The van der Waals surface area contributed by atoms with Gasteiger partial charge < -0.3 is 19.9 Å². The molecular weight excluding hydrogens is 382 g/mol. The number of ether oxygens (including phenoxy) is 1. The summed E-state index contributed by atoms with van der Waals surface area (Å²) in [5.74, 6) is -0.762. The van der Waals surface area contributed by atoms with Gasteiger partial charge in [-0.15, -0.1) is 0 Å². The minimum absolute atomic E-state index is 0.0604. The van der Waals surface area contributed by atoms with E-state index in [1.54, 1.807) is 10.8 Å². The van der Waals surface area contributed by atoms with E-state index in [0.29, 0.717) is 44.6 Å². The first-order chi connectivity index (χ1) is 14.5. The molecule has 0 bridgehead atoms. The summed E-state index contributed by atoms with van der Waals surface area (Å²) in [7, 11) is 0. The molecule has 4 rings (SSSR count). The van der Waals surface area contributed by atoms with Gasteiger partial charge in [-0.2, -0.15) is 0 Å². The molecule has 0 saturated carbocycles. The zero-order valence-electron chi connectivity index (χ0n) is 17.2. The van der Waals surface area contributed by atoms with Crippen molar-refractivity contribution in [1.29, 1.82) is 0 Å². The molecule has 7 nitrogen and oxygen atoms in total. The average molecular weight is 409 g/mol. The Balaban J connectivity index is 1.62. The van der Waals surface area contributed by atoms with Crippen molar-refractivity contribution in [3.8, 4) is 0 Å². The van der Waals surface area contributed by atoms with Crippen LogP contribution in [0.3, 0.4) is 0 Å². The molecule has 3 heterocycles. The number of fused-ring (bicyclic) bond motifs is 1. The molecule has 158 valence electrons. The van der Waals surface area contributed by atoms with Crippen LogP contribution in [0.5, 0.6) is 0 Å². The third-order valence-corrected chi connectivity index (χ3v) is 6.20. The molecule has 2 atom stereocenters. The fraction of sp³-hybridized carbons (Fsp3) is 0.435. The summed E-state index contributed by atoms with van der Waals surface area (Å²) in [4.78, 5) is 39.8. The summed E-state index contributed by atoms with van der Waals surface area (Å²) in [6.07, 6.45) is 3.56. The number of hydrogen-bond acceptors (Lipinski definition) is 4. The molecule has 30 heavy (non-hydrogen) atoms. The van der Waals surface area contributed by atoms with Gasteiger partial charge in [0, 0.05) is 32.4 Å². The molecule has 0 aliphatic carbocycles. The minimum Gasteiger partial charge on any atom is -0.378 e. The highest BCUT2D eigenvalue weighted by atomic mass is 16.5. The van der Waals surface area contributed by atoms with E-state index in [1.165, 1.54) is 0 Å². The molecule has 1 aromatic carbocycles. The van der Waals surface area contributed by atoms with Crippen LogP contribution in [0.15, 0.2) is 41.3 Å². The third kappa shape index (κ3) is 3.89. The van der Waals surface area contributed by atoms with E-state index in [1.807, 2.05) is 42.2 Å². The highest BCUT2D eigenvalue weighted by Gasteiger charge is 2.36. The van der Waals surface area contributed by atoms with Crippen LogP contribution >= 0.6 is 0 Å². The van der Waals surface area contributed by atoms with E-state index < -0.39 is 5.91 Å². The maximum Gasteiger partial charge on any atom is 0.263 e. The smallest absolute Gasteiger partial charge is 0.263 e. The van der Waals surface area contributed by atoms with Gasteiger partial charge in [0.2, 0.25) is 5.91 Å². The SMILES string of the molecule is C[C@@H]1OCC[C@@H]1C(=O)N1CCc2c(cn(CCc3ccccc3)c(=O)c2C(N)=O)C1. The maximum atomic E-state index is 13.0. The number of amides is 2. The fourth-order valence-electron chi connectivity index (χ4n) is 4.50. The van der Waals surface area contributed by atoms with Crippen LogP contribution in [0.2, 0.25) is 0 Å². The van der Waals surface area contributed by atoms with Crippen molar-refractivity contribution in [1.82, 2.24) is 9.47 Å². The Bertz CT molecular complexity index is 1020. The summed E-state index contributed by atoms with van der Waals surface area (Å²) < 4.78 is 7.11. The van der Waals surface area contributed by atoms with E-state index in [9.17, 15) is 14.4 Å². The van der Waals surface area contributed by atoms with Crippen molar-refractivity contribution >= 4 is 11.8 Å². The topological polar surface area (TPSA) is 94.6 Å². The lowest BCUT2D eigenvalue weighted by molar-refractivity contribution is -0.137. The van der Waals surface area contributed by atoms with Gasteiger partial charge in [-0.3, -0.25) is 14.4 Å². The van der Waals surface area contributed by atoms with Crippen molar-refractivity contribution in [3.63, 3.8) is 0 Å². The molecule has 1 aromatic heterocycles. The van der Waals surface area contributed by atoms with Crippen LogP contribution in [0.1, 0.15) is 40.4 Å². The van der Waals surface area contributed by atoms with E-state index in [4.69, 9.17) is 10.5 Å². The molecule has 2 aromatic rings. The summed E-state index contributed by atoms with van der Waals surface area (Å²) in [5, 5.41) is 0. The summed E-state index contributed by atoms with van der Waals surface area (Å²) >= 11 is 0.